The van der Waals surface area contributed by atoms with Crippen molar-refractivity contribution < 1.29 is 18.3 Å². The van der Waals surface area contributed by atoms with E-state index in [2.05, 4.69) is 25.6 Å². The zero-order valence-electron chi connectivity index (χ0n) is 16.6. The minimum absolute atomic E-state index is 0.0937. The maximum atomic E-state index is 12.2. The van der Waals surface area contributed by atoms with Crippen molar-refractivity contribution in [2.45, 2.75) is 24.7 Å². The molecule has 0 saturated carbocycles. The Morgan fingerprint density at radius 3 is 2.77 bits per heavy atom. The molecule has 0 unspecified atom stereocenters. The van der Waals surface area contributed by atoms with Gasteiger partial charge in [-0.2, -0.15) is 0 Å². The van der Waals surface area contributed by atoms with E-state index in [-0.39, 0.29) is 17.5 Å². The Balaban J connectivity index is 1.86. The summed E-state index contributed by atoms with van der Waals surface area (Å²) in [4.78, 5) is 24.5. The van der Waals surface area contributed by atoms with Crippen LogP contribution in [0.4, 0.5) is 9.93 Å². The lowest BCUT2D eigenvalue weighted by Gasteiger charge is -2.08. The summed E-state index contributed by atoms with van der Waals surface area (Å²) in [7, 11) is -3.45. The molecule has 3 aromatic rings. The van der Waals surface area contributed by atoms with Crippen LogP contribution in [0.25, 0.3) is 21.8 Å². The van der Waals surface area contributed by atoms with Crippen molar-refractivity contribution in [1.29, 1.82) is 0 Å². The van der Waals surface area contributed by atoms with Gasteiger partial charge >= 0.3 is 6.03 Å². The number of thiazole rings is 1. The van der Waals surface area contributed by atoms with E-state index in [1.807, 2.05) is 6.92 Å². The smallest absolute Gasteiger partial charge is 0.321 e. The first-order chi connectivity index (χ1) is 14.3. The molecule has 0 atom stereocenters. The molecule has 9 nitrogen and oxygen atoms in total. The van der Waals surface area contributed by atoms with Crippen LogP contribution < -0.4 is 10.6 Å². The van der Waals surface area contributed by atoms with E-state index in [0.29, 0.717) is 41.6 Å². The van der Waals surface area contributed by atoms with Crippen LogP contribution in [0.15, 0.2) is 35.5 Å². The Bertz CT molecular complexity index is 1120. The minimum atomic E-state index is -3.45. The molecule has 0 saturated heterocycles. The number of nitrogens with one attached hydrogen (secondary N) is 3. The third kappa shape index (κ3) is 5.23. The Morgan fingerprint density at radius 2 is 2.10 bits per heavy atom. The molecular weight excluding hydrogens is 426 g/mol. The van der Waals surface area contributed by atoms with Crippen LogP contribution in [0.5, 0.6) is 0 Å². The number of aliphatic hydroxyl groups excluding tert-OH is 1. The molecule has 0 radical (unpaired) electrons. The van der Waals surface area contributed by atoms with Gasteiger partial charge in [0, 0.05) is 37.4 Å². The average Bonchev–Trinajstić information content (AvgIpc) is 3.34. The second kappa shape index (κ2) is 9.37. The van der Waals surface area contributed by atoms with E-state index < -0.39 is 9.84 Å². The second-order valence-electron chi connectivity index (χ2n) is 6.67. The number of anilines is 1. The molecule has 0 aliphatic heterocycles. The van der Waals surface area contributed by atoms with Gasteiger partial charge in [0.15, 0.2) is 15.0 Å². The first-order valence-electron chi connectivity index (χ1n) is 9.27. The van der Waals surface area contributed by atoms with Gasteiger partial charge in [0.25, 0.3) is 0 Å². The maximum absolute atomic E-state index is 12.2. The number of imidazole rings is 1. The number of aliphatic hydroxyl groups is 1. The number of sulfone groups is 1. The molecule has 30 heavy (non-hydrogen) atoms. The van der Waals surface area contributed by atoms with Crippen LogP contribution in [-0.2, 0) is 9.84 Å². The molecule has 4 N–H and O–H groups in total. The topological polar surface area (TPSA) is 137 Å². The maximum Gasteiger partial charge on any atom is 0.321 e. The summed E-state index contributed by atoms with van der Waals surface area (Å²) < 4.78 is 24.4. The molecule has 0 aliphatic rings. The fraction of sp³-hybridized carbons (Fsp3) is 0.316. The van der Waals surface area contributed by atoms with Crippen molar-refractivity contribution >= 4 is 32.3 Å². The van der Waals surface area contributed by atoms with Crippen molar-refractivity contribution in [3.8, 4) is 21.8 Å². The molecule has 2 aromatic heterocycles. The first-order valence-corrected chi connectivity index (χ1v) is 12.0. The van der Waals surface area contributed by atoms with Gasteiger partial charge in [0.05, 0.1) is 15.5 Å². The van der Waals surface area contributed by atoms with Gasteiger partial charge in [-0.3, -0.25) is 5.32 Å². The summed E-state index contributed by atoms with van der Waals surface area (Å²) in [5, 5.41) is 14.6. The molecule has 3 rings (SSSR count). The number of urea groups is 1. The normalized spacial score (nSPS) is 11.4. The lowest BCUT2D eigenvalue weighted by Crippen LogP contribution is -2.29. The van der Waals surface area contributed by atoms with Crippen molar-refractivity contribution in [3.63, 3.8) is 0 Å². The number of H-pyrrole nitrogens is 1. The highest BCUT2D eigenvalue weighted by Gasteiger charge is 2.19. The molecule has 0 bridgehead atoms. The Morgan fingerprint density at radius 1 is 1.30 bits per heavy atom. The fourth-order valence-corrected chi connectivity index (χ4v) is 4.72. The largest absolute Gasteiger partial charge is 0.396 e. The average molecular weight is 450 g/mol. The van der Waals surface area contributed by atoms with Gasteiger partial charge in [-0.25, -0.2) is 23.2 Å². The van der Waals surface area contributed by atoms with Crippen molar-refractivity contribution in [2.24, 2.45) is 0 Å². The Labute approximate surface area is 178 Å². The second-order valence-corrected chi connectivity index (χ2v) is 9.65. The number of carbonyl (C=O) groups is 1. The molecule has 1 aromatic carbocycles. The van der Waals surface area contributed by atoms with E-state index >= 15 is 0 Å². The number of aryl methyl sites for hydroxylation is 1. The SMILES string of the molecule is Cc1nc(NC(=O)NCCCCO)sc1-c1ccc(S(C)(=O)=O)c(-c2ncc[nH]2)c1. The number of carbonyl (C=O) groups excluding carboxylic acids is 1. The summed E-state index contributed by atoms with van der Waals surface area (Å²) in [6.07, 6.45) is 5.67. The number of rotatable bonds is 8. The number of aromatic amines is 1. The summed E-state index contributed by atoms with van der Waals surface area (Å²) >= 11 is 1.30. The zero-order valence-corrected chi connectivity index (χ0v) is 18.2. The molecule has 11 heteroatoms. The zero-order chi connectivity index (χ0) is 21.7. The fourth-order valence-electron chi connectivity index (χ4n) is 2.89. The van der Waals surface area contributed by atoms with Gasteiger partial charge in [-0.1, -0.05) is 17.4 Å². The number of nitrogens with zero attached hydrogens (tertiary/aromatic N) is 2. The summed E-state index contributed by atoms with van der Waals surface area (Å²) in [5.74, 6) is 0.458. The van der Waals surface area contributed by atoms with Crippen molar-refractivity contribution in [2.75, 3.05) is 24.7 Å². The third-order valence-corrected chi connectivity index (χ3v) is 6.56. The van der Waals surface area contributed by atoms with Crippen LogP contribution in [0, 0.1) is 6.92 Å². The first kappa shape index (κ1) is 21.9. The highest BCUT2D eigenvalue weighted by molar-refractivity contribution is 7.90. The summed E-state index contributed by atoms with van der Waals surface area (Å²) in [5.41, 5.74) is 1.97. The monoisotopic (exact) mass is 449 g/mol. The highest BCUT2D eigenvalue weighted by atomic mass is 32.2. The molecular formula is C19H23N5O4S2. The van der Waals surface area contributed by atoms with E-state index in [9.17, 15) is 13.2 Å². The predicted octanol–water partition coefficient (Wildman–Crippen LogP) is 2.81. The Hall–Kier alpha value is -2.76. The van der Waals surface area contributed by atoms with E-state index in [1.165, 1.54) is 11.3 Å². The predicted molar refractivity (Wildman–Crippen MR) is 116 cm³/mol. The third-order valence-electron chi connectivity index (χ3n) is 4.28. The van der Waals surface area contributed by atoms with Crippen molar-refractivity contribution in [3.05, 3.63) is 36.3 Å². The lowest BCUT2D eigenvalue weighted by atomic mass is 10.1. The van der Waals surface area contributed by atoms with Crippen LogP contribution in [0.2, 0.25) is 0 Å². The number of aromatic nitrogens is 3. The van der Waals surface area contributed by atoms with Crippen LogP contribution >= 0.6 is 11.3 Å². The van der Waals surface area contributed by atoms with Crippen LogP contribution in [-0.4, -0.2) is 53.9 Å². The van der Waals surface area contributed by atoms with Crippen molar-refractivity contribution in [1.82, 2.24) is 20.3 Å². The van der Waals surface area contributed by atoms with E-state index in [1.54, 1.807) is 30.6 Å². The number of hydrogen-bond acceptors (Lipinski definition) is 7. The summed E-state index contributed by atoms with van der Waals surface area (Å²) in [6.45, 7) is 2.38. The number of hydrogen-bond donors (Lipinski definition) is 4. The van der Waals surface area contributed by atoms with Gasteiger partial charge in [0.2, 0.25) is 0 Å². The molecule has 0 aliphatic carbocycles. The lowest BCUT2D eigenvalue weighted by molar-refractivity contribution is 0.250. The van der Waals surface area contributed by atoms with Crippen LogP contribution in [0.3, 0.4) is 0 Å². The Kier molecular flexibility index (Phi) is 6.85. The molecule has 160 valence electrons. The molecule has 0 fully saturated rings. The summed E-state index contributed by atoms with van der Waals surface area (Å²) in [6, 6.07) is 4.68. The minimum Gasteiger partial charge on any atom is -0.396 e. The molecule has 2 amide bonds. The molecule has 0 spiro atoms. The van der Waals surface area contributed by atoms with E-state index in [4.69, 9.17) is 5.11 Å². The van der Waals surface area contributed by atoms with Gasteiger partial charge < -0.3 is 15.4 Å². The number of benzene rings is 1. The van der Waals surface area contributed by atoms with E-state index in [0.717, 1.165) is 16.7 Å². The number of unbranched alkanes of at least 4 members (excludes halogenated alkanes) is 1. The quantitative estimate of drug-likeness (QED) is 0.390. The van der Waals surface area contributed by atoms with Gasteiger partial charge in [0.1, 0.15) is 5.82 Å². The van der Waals surface area contributed by atoms with Gasteiger partial charge in [-0.15, -0.1) is 0 Å². The van der Waals surface area contributed by atoms with Crippen LogP contribution in [0.1, 0.15) is 18.5 Å². The van der Waals surface area contributed by atoms with Gasteiger partial charge in [-0.05, 0) is 37.5 Å². The highest BCUT2D eigenvalue weighted by Crippen LogP contribution is 2.36. The number of amides is 2. The standard InChI is InChI=1S/C19H23N5O4S2/c1-12-16(29-19(23-12)24-18(26)22-7-3-4-10-25)13-5-6-15(30(2,27)28)14(11-13)17-20-8-9-21-17/h5-6,8-9,11,25H,3-4,7,10H2,1-2H3,(H,20,21)(H2,22,23,24,26). The molecule has 2 heterocycles.